The molecule has 0 unspecified atom stereocenters. The predicted octanol–water partition coefficient (Wildman–Crippen LogP) is 4.98. The van der Waals surface area contributed by atoms with Crippen molar-refractivity contribution < 1.29 is 18.7 Å². The van der Waals surface area contributed by atoms with E-state index in [-0.39, 0.29) is 5.76 Å². The molecule has 3 heterocycles. The highest BCUT2D eigenvalue weighted by molar-refractivity contribution is 7.98. The first-order chi connectivity index (χ1) is 14.6. The van der Waals surface area contributed by atoms with Gasteiger partial charge in [-0.1, -0.05) is 23.9 Å². The first-order valence-corrected chi connectivity index (χ1v) is 10.9. The number of aromatic nitrogens is 3. The number of ether oxygens (including phenoxy) is 2. The van der Waals surface area contributed by atoms with E-state index < -0.39 is 5.97 Å². The second kappa shape index (κ2) is 8.76. The maximum atomic E-state index is 11.6. The maximum Gasteiger partial charge on any atom is 0.373 e. The molecule has 0 radical (unpaired) electrons. The Kier molecular flexibility index (Phi) is 5.91. The molecule has 0 spiro atoms. The zero-order chi connectivity index (χ0) is 21.1. The Balaban J connectivity index is 1.71. The summed E-state index contributed by atoms with van der Waals surface area (Å²) in [6.07, 6.45) is 0. The summed E-state index contributed by atoms with van der Waals surface area (Å²) >= 11 is 3.06. The summed E-state index contributed by atoms with van der Waals surface area (Å²) in [6.45, 7) is 2.03. The quantitative estimate of drug-likeness (QED) is 0.295. The van der Waals surface area contributed by atoms with E-state index in [4.69, 9.17) is 13.9 Å². The normalized spacial score (nSPS) is 10.9. The highest BCUT2D eigenvalue weighted by Gasteiger charge is 2.20. The summed E-state index contributed by atoms with van der Waals surface area (Å²) in [7, 11) is 2.97. The molecular formula is C21H19N3O4S2. The summed E-state index contributed by atoms with van der Waals surface area (Å²) in [6, 6.07) is 13.3. The van der Waals surface area contributed by atoms with Gasteiger partial charge in [-0.3, -0.25) is 4.57 Å². The van der Waals surface area contributed by atoms with Crippen molar-refractivity contribution in [2.45, 2.75) is 17.8 Å². The molecule has 9 heteroatoms. The van der Waals surface area contributed by atoms with Gasteiger partial charge in [-0.15, -0.1) is 21.5 Å². The molecule has 0 atom stereocenters. The van der Waals surface area contributed by atoms with Gasteiger partial charge in [0.15, 0.2) is 11.0 Å². The molecule has 0 N–H and O–H groups in total. The van der Waals surface area contributed by atoms with Crippen molar-refractivity contribution >= 4 is 29.1 Å². The smallest absolute Gasteiger partial charge is 0.373 e. The summed E-state index contributed by atoms with van der Waals surface area (Å²) in [5.74, 6) is 2.27. The van der Waals surface area contributed by atoms with Crippen molar-refractivity contribution in [1.29, 1.82) is 0 Å². The fourth-order valence-corrected chi connectivity index (χ4v) is 4.46. The van der Waals surface area contributed by atoms with Gasteiger partial charge in [0.25, 0.3) is 0 Å². The second-order valence-corrected chi connectivity index (χ2v) is 8.23. The number of benzene rings is 1. The van der Waals surface area contributed by atoms with E-state index in [1.807, 2.05) is 47.2 Å². The fraction of sp³-hybridized carbons (Fsp3) is 0.190. The van der Waals surface area contributed by atoms with Crippen molar-refractivity contribution in [3.05, 3.63) is 64.9 Å². The third-order valence-electron chi connectivity index (χ3n) is 4.34. The monoisotopic (exact) mass is 441 g/mol. The highest BCUT2D eigenvalue weighted by Crippen LogP contribution is 2.35. The highest BCUT2D eigenvalue weighted by atomic mass is 32.2. The Morgan fingerprint density at radius 1 is 1.20 bits per heavy atom. The van der Waals surface area contributed by atoms with Crippen molar-refractivity contribution in [3.8, 4) is 22.1 Å². The number of hydrogen-bond donors (Lipinski definition) is 0. The van der Waals surface area contributed by atoms with E-state index >= 15 is 0 Å². The summed E-state index contributed by atoms with van der Waals surface area (Å²) in [5.41, 5.74) is 1.96. The molecule has 3 aromatic heterocycles. The summed E-state index contributed by atoms with van der Waals surface area (Å²) < 4.78 is 17.9. The Labute approximate surface area is 181 Å². The Bertz CT molecular complexity index is 1170. The van der Waals surface area contributed by atoms with Crippen molar-refractivity contribution in [2.24, 2.45) is 0 Å². The van der Waals surface area contributed by atoms with Crippen LogP contribution in [0, 0.1) is 6.92 Å². The molecule has 4 aromatic rings. The van der Waals surface area contributed by atoms with Gasteiger partial charge in [0.05, 0.1) is 30.5 Å². The number of thioether (sulfide) groups is 1. The summed E-state index contributed by atoms with van der Waals surface area (Å²) in [4.78, 5) is 12.6. The van der Waals surface area contributed by atoms with Crippen LogP contribution < -0.4 is 4.74 Å². The average Bonchev–Trinajstić information content (AvgIpc) is 3.51. The van der Waals surface area contributed by atoms with Crippen LogP contribution in [0.25, 0.3) is 16.4 Å². The van der Waals surface area contributed by atoms with Crippen LogP contribution in [0.2, 0.25) is 0 Å². The number of furan rings is 1. The second-order valence-electron chi connectivity index (χ2n) is 6.34. The van der Waals surface area contributed by atoms with Gasteiger partial charge in [-0.25, -0.2) is 4.79 Å². The molecule has 0 aliphatic heterocycles. The van der Waals surface area contributed by atoms with E-state index in [9.17, 15) is 4.79 Å². The molecule has 1 aromatic carbocycles. The predicted molar refractivity (Wildman–Crippen MR) is 116 cm³/mol. The molecule has 154 valence electrons. The first-order valence-electron chi connectivity index (χ1n) is 9.05. The van der Waals surface area contributed by atoms with E-state index in [1.54, 1.807) is 30.6 Å². The van der Waals surface area contributed by atoms with Crippen LogP contribution in [0.3, 0.4) is 0 Å². The number of carbonyl (C=O) groups is 1. The van der Waals surface area contributed by atoms with Crippen LogP contribution >= 0.6 is 23.1 Å². The third kappa shape index (κ3) is 3.99. The van der Waals surface area contributed by atoms with E-state index in [1.165, 1.54) is 18.9 Å². The van der Waals surface area contributed by atoms with E-state index in [0.29, 0.717) is 16.7 Å². The van der Waals surface area contributed by atoms with Crippen molar-refractivity contribution in [1.82, 2.24) is 14.8 Å². The minimum atomic E-state index is -0.501. The number of rotatable bonds is 7. The number of thiophene rings is 1. The topological polar surface area (TPSA) is 79.4 Å². The summed E-state index contributed by atoms with van der Waals surface area (Å²) in [5, 5.41) is 11.6. The van der Waals surface area contributed by atoms with Crippen LogP contribution in [0.5, 0.6) is 5.75 Å². The average molecular weight is 442 g/mol. The Morgan fingerprint density at radius 3 is 2.80 bits per heavy atom. The maximum absolute atomic E-state index is 11.6. The lowest BCUT2D eigenvalue weighted by atomic mass is 10.2. The molecule has 0 saturated carbocycles. The first kappa shape index (κ1) is 20.2. The fourth-order valence-electron chi connectivity index (χ4n) is 2.92. The van der Waals surface area contributed by atoms with Gasteiger partial charge in [0.1, 0.15) is 11.5 Å². The minimum Gasteiger partial charge on any atom is -0.495 e. The molecule has 0 bridgehead atoms. The Morgan fingerprint density at radius 2 is 2.07 bits per heavy atom. The van der Waals surface area contributed by atoms with Gasteiger partial charge in [-0.05, 0) is 48.2 Å². The molecule has 0 aliphatic rings. The number of aryl methyl sites for hydroxylation is 1. The number of esters is 1. The Hall–Kier alpha value is -3.04. The van der Waals surface area contributed by atoms with Crippen LogP contribution in [-0.4, -0.2) is 35.0 Å². The van der Waals surface area contributed by atoms with Crippen LogP contribution in [0.4, 0.5) is 0 Å². The third-order valence-corrected chi connectivity index (χ3v) is 6.16. The lowest BCUT2D eigenvalue weighted by molar-refractivity contribution is 0.0563. The van der Waals surface area contributed by atoms with Gasteiger partial charge < -0.3 is 13.9 Å². The zero-order valence-corrected chi connectivity index (χ0v) is 18.3. The van der Waals surface area contributed by atoms with Crippen LogP contribution in [0.15, 0.2) is 57.4 Å². The van der Waals surface area contributed by atoms with Crippen molar-refractivity contribution in [3.63, 3.8) is 0 Å². The molecule has 0 fully saturated rings. The lowest BCUT2D eigenvalue weighted by Crippen LogP contribution is -2.02. The van der Waals surface area contributed by atoms with Gasteiger partial charge in [0.2, 0.25) is 5.76 Å². The van der Waals surface area contributed by atoms with Gasteiger partial charge in [-0.2, -0.15) is 0 Å². The van der Waals surface area contributed by atoms with Gasteiger partial charge in [0, 0.05) is 0 Å². The SMILES string of the molecule is COC(=O)c1ccc(CSc2nnc(-c3cccs3)n2-c2cc(C)ccc2OC)o1. The van der Waals surface area contributed by atoms with Gasteiger partial charge >= 0.3 is 5.97 Å². The standard InChI is InChI=1S/C21H19N3O4S2/c1-13-6-8-16(26-2)15(11-13)24-19(18-5-4-10-29-18)22-23-21(24)30-12-14-7-9-17(28-14)20(25)27-3/h4-11H,12H2,1-3H3. The van der Waals surface area contributed by atoms with E-state index in [0.717, 1.165) is 27.7 Å². The molecule has 0 saturated heterocycles. The molecule has 4 rings (SSSR count). The number of carbonyl (C=O) groups excluding carboxylic acids is 1. The number of methoxy groups -OCH3 is 2. The minimum absolute atomic E-state index is 0.175. The molecule has 7 nitrogen and oxygen atoms in total. The number of nitrogens with zero attached hydrogens (tertiary/aromatic N) is 3. The molecular weight excluding hydrogens is 422 g/mol. The van der Waals surface area contributed by atoms with Crippen molar-refractivity contribution in [2.75, 3.05) is 14.2 Å². The lowest BCUT2D eigenvalue weighted by Gasteiger charge is -2.14. The molecule has 30 heavy (non-hydrogen) atoms. The number of hydrogen-bond acceptors (Lipinski definition) is 8. The molecule has 0 amide bonds. The van der Waals surface area contributed by atoms with Crippen LogP contribution in [-0.2, 0) is 10.5 Å². The van der Waals surface area contributed by atoms with Crippen LogP contribution in [0.1, 0.15) is 21.9 Å². The van der Waals surface area contributed by atoms with E-state index in [2.05, 4.69) is 10.2 Å². The zero-order valence-electron chi connectivity index (χ0n) is 16.6. The largest absolute Gasteiger partial charge is 0.495 e. The molecule has 0 aliphatic carbocycles.